The summed E-state index contributed by atoms with van der Waals surface area (Å²) in [7, 11) is 0. The van der Waals surface area contributed by atoms with Gasteiger partial charge in [0.05, 0.1) is 6.61 Å². The largest absolute Gasteiger partial charge is 0.490 e. The van der Waals surface area contributed by atoms with E-state index in [9.17, 15) is 14.4 Å². The number of aryl methyl sites for hydroxylation is 2. The highest BCUT2D eigenvalue weighted by atomic mass is 79.9. The molecule has 0 aromatic heterocycles. The summed E-state index contributed by atoms with van der Waals surface area (Å²) in [5.74, 6) is 0.0533. The number of hydrogen-bond acceptors (Lipinski definition) is 4. The molecule has 3 aromatic rings. The lowest BCUT2D eigenvalue weighted by atomic mass is 10.1. The average molecular weight is 523 g/mol. The van der Waals surface area contributed by atoms with Crippen molar-refractivity contribution < 1.29 is 18.7 Å². The van der Waals surface area contributed by atoms with Crippen LogP contribution in [0.3, 0.4) is 0 Å². The van der Waals surface area contributed by atoms with Crippen LogP contribution in [0.2, 0.25) is 0 Å². The van der Waals surface area contributed by atoms with Gasteiger partial charge in [0, 0.05) is 10.2 Å². The van der Waals surface area contributed by atoms with Crippen LogP contribution in [0.5, 0.6) is 11.5 Å². The third kappa shape index (κ3) is 6.46. The molecule has 0 saturated heterocycles. The Morgan fingerprint density at radius 1 is 1.12 bits per heavy atom. The van der Waals surface area contributed by atoms with Crippen molar-refractivity contribution in [2.24, 2.45) is 0 Å². The van der Waals surface area contributed by atoms with Crippen molar-refractivity contribution in [1.82, 2.24) is 0 Å². The molecule has 0 saturated carbocycles. The third-order valence-corrected chi connectivity index (χ3v) is 5.64. The molecular formula is C27H24BrFN2O3. The molecule has 0 aliphatic carbocycles. The first-order valence-corrected chi connectivity index (χ1v) is 11.4. The lowest BCUT2D eigenvalue weighted by molar-refractivity contribution is -0.112. The van der Waals surface area contributed by atoms with Gasteiger partial charge in [0.15, 0.2) is 11.5 Å². The van der Waals surface area contributed by atoms with E-state index in [0.717, 1.165) is 11.1 Å². The molecule has 1 N–H and O–H groups in total. The quantitative estimate of drug-likeness (QED) is 0.263. The van der Waals surface area contributed by atoms with Gasteiger partial charge in [-0.3, -0.25) is 4.79 Å². The van der Waals surface area contributed by atoms with Crippen LogP contribution in [0.4, 0.5) is 10.1 Å². The van der Waals surface area contributed by atoms with Crippen LogP contribution in [0.25, 0.3) is 6.08 Å². The van der Waals surface area contributed by atoms with Crippen LogP contribution in [-0.4, -0.2) is 12.5 Å². The molecule has 3 aromatic carbocycles. The molecule has 34 heavy (non-hydrogen) atoms. The summed E-state index contributed by atoms with van der Waals surface area (Å²) < 4.78 is 25.6. The molecule has 0 aliphatic rings. The van der Waals surface area contributed by atoms with Gasteiger partial charge < -0.3 is 14.8 Å². The smallest absolute Gasteiger partial charge is 0.266 e. The van der Waals surface area contributed by atoms with E-state index in [1.807, 2.05) is 45.0 Å². The maximum atomic E-state index is 13.5. The maximum Gasteiger partial charge on any atom is 0.266 e. The van der Waals surface area contributed by atoms with E-state index in [2.05, 4.69) is 21.2 Å². The van der Waals surface area contributed by atoms with Crippen molar-refractivity contribution in [3.05, 3.63) is 92.7 Å². The Morgan fingerprint density at radius 2 is 1.88 bits per heavy atom. The van der Waals surface area contributed by atoms with Crippen molar-refractivity contribution in [2.75, 3.05) is 11.9 Å². The van der Waals surface area contributed by atoms with Gasteiger partial charge in [-0.2, -0.15) is 5.26 Å². The average Bonchev–Trinajstić information content (AvgIpc) is 2.80. The summed E-state index contributed by atoms with van der Waals surface area (Å²) in [6.45, 7) is 6.20. The number of carbonyl (C=O) groups excluding carboxylic acids is 1. The van der Waals surface area contributed by atoms with Crippen molar-refractivity contribution in [3.8, 4) is 17.6 Å². The number of benzene rings is 3. The number of nitrogens with zero attached hydrogens (tertiary/aromatic N) is 1. The molecule has 0 radical (unpaired) electrons. The molecular weight excluding hydrogens is 499 g/mol. The first kappa shape index (κ1) is 25.0. The number of nitriles is 1. The van der Waals surface area contributed by atoms with Gasteiger partial charge >= 0.3 is 0 Å². The van der Waals surface area contributed by atoms with Gasteiger partial charge in [-0.25, -0.2) is 4.39 Å². The molecule has 0 atom stereocenters. The molecule has 0 aliphatic heterocycles. The Labute approximate surface area is 207 Å². The highest BCUT2D eigenvalue weighted by Crippen LogP contribution is 2.35. The molecule has 3 rings (SSSR count). The van der Waals surface area contributed by atoms with E-state index in [4.69, 9.17) is 9.47 Å². The van der Waals surface area contributed by atoms with E-state index >= 15 is 0 Å². The minimum Gasteiger partial charge on any atom is -0.490 e. The molecule has 174 valence electrons. The standard InChI is InChI=1S/C27H24BrFN2O3/c1-4-33-25-13-20(23(28)14-26(25)34-16-19-6-5-7-22(29)11-19)12-21(15-30)27(32)31-24-10-17(2)8-9-18(24)3/h5-14H,4,16H2,1-3H3,(H,31,32)/b21-12+. The van der Waals surface area contributed by atoms with Gasteiger partial charge in [-0.15, -0.1) is 0 Å². The number of hydrogen-bond donors (Lipinski definition) is 1. The minimum atomic E-state index is -0.507. The fourth-order valence-electron chi connectivity index (χ4n) is 3.19. The number of amides is 1. The topological polar surface area (TPSA) is 71.3 Å². The van der Waals surface area contributed by atoms with Gasteiger partial charge in [-0.1, -0.05) is 40.2 Å². The van der Waals surface area contributed by atoms with Crippen LogP contribution in [-0.2, 0) is 11.4 Å². The lowest BCUT2D eigenvalue weighted by Crippen LogP contribution is -2.14. The summed E-state index contributed by atoms with van der Waals surface area (Å²) in [5.41, 5.74) is 3.75. The minimum absolute atomic E-state index is 0.0579. The van der Waals surface area contributed by atoms with Crippen LogP contribution >= 0.6 is 15.9 Å². The molecule has 0 fully saturated rings. The fraction of sp³-hybridized carbons (Fsp3) is 0.185. The van der Waals surface area contributed by atoms with Gasteiger partial charge in [0.2, 0.25) is 0 Å². The second kappa shape index (κ2) is 11.5. The van der Waals surface area contributed by atoms with E-state index < -0.39 is 5.91 Å². The molecule has 0 bridgehead atoms. The van der Waals surface area contributed by atoms with Crippen LogP contribution in [0.15, 0.2) is 64.6 Å². The van der Waals surface area contributed by atoms with Crippen LogP contribution in [0.1, 0.15) is 29.2 Å². The lowest BCUT2D eigenvalue weighted by Gasteiger charge is -2.14. The predicted octanol–water partition coefficient (Wildman–Crippen LogP) is 6.73. The Bertz CT molecular complexity index is 1280. The number of rotatable bonds is 8. The SMILES string of the molecule is CCOc1cc(/C=C(\C#N)C(=O)Nc2cc(C)ccc2C)c(Br)cc1OCc1cccc(F)c1. The van der Waals surface area contributed by atoms with Crippen LogP contribution < -0.4 is 14.8 Å². The summed E-state index contributed by atoms with van der Waals surface area (Å²) in [5, 5.41) is 12.4. The zero-order valence-corrected chi connectivity index (χ0v) is 20.7. The molecule has 0 unspecified atom stereocenters. The summed E-state index contributed by atoms with van der Waals surface area (Å²) >= 11 is 3.48. The summed E-state index contributed by atoms with van der Waals surface area (Å²) in [6.07, 6.45) is 1.49. The van der Waals surface area contributed by atoms with Crippen molar-refractivity contribution in [2.45, 2.75) is 27.4 Å². The van der Waals surface area contributed by atoms with Gasteiger partial charge in [0.25, 0.3) is 5.91 Å². The second-order valence-electron chi connectivity index (χ2n) is 7.61. The van der Waals surface area contributed by atoms with Gasteiger partial charge in [-0.05, 0) is 79.4 Å². The highest BCUT2D eigenvalue weighted by molar-refractivity contribution is 9.10. The molecule has 0 spiro atoms. The van der Waals surface area contributed by atoms with Crippen molar-refractivity contribution in [3.63, 3.8) is 0 Å². The Morgan fingerprint density at radius 3 is 2.59 bits per heavy atom. The molecule has 0 heterocycles. The van der Waals surface area contributed by atoms with E-state index in [-0.39, 0.29) is 18.0 Å². The zero-order chi connectivity index (χ0) is 24.7. The summed E-state index contributed by atoms with van der Waals surface area (Å²) in [6, 6.07) is 17.2. The van der Waals surface area contributed by atoms with Crippen molar-refractivity contribution in [1.29, 1.82) is 5.26 Å². The first-order valence-electron chi connectivity index (χ1n) is 10.6. The number of halogens is 2. The number of ether oxygens (including phenoxy) is 2. The van der Waals surface area contributed by atoms with E-state index in [1.165, 1.54) is 18.2 Å². The third-order valence-electron chi connectivity index (χ3n) is 4.95. The molecule has 7 heteroatoms. The van der Waals surface area contributed by atoms with Crippen molar-refractivity contribution >= 4 is 33.6 Å². The van der Waals surface area contributed by atoms with E-state index in [0.29, 0.717) is 39.4 Å². The Hall–Kier alpha value is -3.63. The van der Waals surface area contributed by atoms with Gasteiger partial charge in [0.1, 0.15) is 24.1 Å². The summed E-state index contributed by atoms with van der Waals surface area (Å²) in [4.78, 5) is 12.8. The second-order valence-corrected chi connectivity index (χ2v) is 8.47. The highest BCUT2D eigenvalue weighted by Gasteiger charge is 2.15. The normalized spacial score (nSPS) is 11.0. The maximum absolute atomic E-state index is 13.5. The predicted molar refractivity (Wildman–Crippen MR) is 134 cm³/mol. The zero-order valence-electron chi connectivity index (χ0n) is 19.1. The molecule has 1 amide bonds. The number of carbonyl (C=O) groups is 1. The monoisotopic (exact) mass is 522 g/mol. The molecule has 5 nitrogen and oxygen atoms in total. The first-order chi connectivity index (χ1) is 16.3. The number of nitrogens with one attached hydrogen (secondary N) is 1. The Kier molecular flexibility index (Phi) is 8.44. The number of anilines is 1. The van der Waals surface area contributed by atoms with E-state index in [1.54, 1.807) is 24.3 Å². The Balaban J connectivity index is 1.87. The fourth-order valence-corrected chi connectivity index (χ4v) is 3.63. The van der Waals surface area contributed by atoms with Crippen LogP contribution in [0, 0.1) is 31.0 Å².